The zero-order valence-corrected chi connectivity index (χ0v) is 20.3. The third kappa shape index (κ3) is 8.36. The predicted molar refractivity (Wildman–Crippen MR) is 142 cm³/mol. The fraction of sp³-hybridized carbons (Fsp3) is 0.238. The van der Waals surface area contributed by atoms with E-state index in [1.165, 1.54) is 0 Å². The smallest absolute Gasteiger partial charge is 0.191 e. The molecule has 32 heavy (non-hydrogen) atoms. The molecule has 0 fully saturated rings. The summed E-state index contributed by atoms with van der Waals surface area (Å²) in [4.78, 5) is 2.03. The number of nitrogens with one attached hydrogen (secondary N) is 4. The monoisotopic (exact) mass is 469 g/mol. The molecule has 0 unspecified atom stereocenters. The van der Waals surface area contributed by atoms with Crippen LogP contribution in [-0.2, 0) is 0 Å². The molecule has 0 atom stereocenters. The van der Waals surface area contributed by atoms with Crippen LogP contribution in [0, 0.1) is 0 Å². The minimum atomic E-state index is 0.353. The maximum absolute atomic E-state index is 5.28. The van der Waals surface area contributed by atoms with Crippen LogP contribution in [0.5, 0.6) is 0 Å². The first-order chi connectivity index (χ1) is 15.3. The molecule has 0 aromatic heterocycles. The van der Waals surface area contributed by atoms with Crippen molar-refractivity contribution in [1.82, 2.24) is 16.2 Å². The highest BCUT2D eigenvalue weighted by atomic mass is 32.1. The lowest BCUT2D eigenvalue weighted by Gasteiger charge is -2.11. The lowest BCUT2D eigenvalue weighted by atomic mass is 10.3. The Kier molecular flexibility index (Phi) is 9.64. The Balaban J connectivity index is 1.88. The van der Waals surface area contributed by atoms with E-state index in [-0.39, 0.29) is 0 Å². The van der Waals surface area contributed by atoms with Crippen molar-refractivity contribution in [3.63, 3.8) is 0 Å². The molecule has 2 aromatic rings. The van der Waals surface area contributed by atoms with Crippen molar-refractivity contribution in [3.8, 4) is 0 Å². The molecule has 0 saturated carbocycles. The summed E-state index contributed by atoms with van der Waals surface area (Å²) in [6.07, 6.45) is 0. The maximum Gasteiger partial charge on any atom is 0.191 e. The number of anilines is 2. The van der Waals surface area contributed by atoms with Gasteiger partial charge in [-0.25, -0.2) is 0 Å². The second kappa shape index (κ2) is 12.4. The fourth-order valence-electron chi connectivity index (χ4n) is 2.19. The number of benzene rings is 2. The van der Waals surface area contributed by atoms with Crippen LogP contribution in [0.3, 0.4) is 0 Å². The van der Waals surface area contributed by atoms with Crippen LogP contribution in [0.25, 0.3) is 0 Å². The van der Waals surface area contributed by atoms with E-state index in [9.17, 15) is 0 Å². The van der Waals surface area contributed by atoms with Crippen LogP contribution in [0.4, 0.5) is 22.7 Å². The van der Waals surface area contributed by atoms with Crippen molar-refractivity contribution in [2.45, 2.75) is 13.8 Å². The highest BCUT2D eigenvalue weighted by molar-refractivity contribution is 7.80. The molecule has 4 N–H and O–H groups in total. The van der Waals surface area contributed by atoms with Gasteiger partial charge >= 0.3 is 0 Å². The Morgan fingerprint density at radius 1 is 0.750 bits per heavy atom. The van der Waals surface area contributed by atoms with E-state index in [1.807, 2.05) is 81.4 Å². The van der Waals surface area contributed by atoms with Crippen LogP contribution in [0.1, 0.15) is 13.8 Å². The van der Waals surface area contributed by atoms with Gasteiger partial charge in [0.25, 0.3) is 0 Å². The van der Waals surface area contributed by atoms with Crippen molar-refractivity contribution < 1.29 is 0 Å². The first-order valence-electron chi connectivity index (χ1n) is 9.71. The summed E-state index contributed by atoms with van der Waals surface area (Å²) in [7, 11) is 5.71. The molecule has 0 spiro atoms. The topological polar surface area (TPSA) is 101 Å². The number of hydrazone groups is 2. The summed E-state index contributed by atoms with van der Waals surface area (Å²) in [6, 6.07) is 15.3. The van der Waals surface area contributed by atoms with Crippen molar-refractivity contribution >= 4 is 68.8 Å². The lowest BCUT2D eigenvalue weighted by molar-refractivity contribution is 0.974. The summed E-state index contributed by atoms with van der Waals surface area (Å²) in [6.45, 7) is 3.62. The SMILES string of the molecule is CNC(=S)N/N=C(C)/C(C)=N/NC(=S)Nc1ccc(/N=N/c2ccc(N(C)C)cc2)cc1. The largest absolute Gasteiger partial charge is 0.378 e. The Bertz CT molecular complexity index is 1010. The van der Waals surface area contributed by atoms with Crippen molar-refractivity contribution in [1.29, 1.82) is 0 Å². The molecule has 0 aliphatic heterocycles. The average molecular weight is 470 g/mol. The summed E-state index contributed by atoms with van der Waals surface area (Å²) < 4.78 is 0. The molecule has 2 aromatic carbocycles. The quantitative estimate of drug-likeness (QED) is 0.208. The minimum Gasteiger partial charge on any atom is -0.378 e. The summed E-state index contributed by atoms with van der Waals surface area (Å²) in [5.41, 5.74) is 10.3. The van der Waals surface area contributed by atoms with E-state index < -0.39 is 0 Å². The number of azo groups is 1. The van der Waals surface area contributed by atoms with Crippen molar-refractivity contribution in [2.75, 3.05) is 31.4 Å². The number of rotatable bonds is 7. The van der Waals surface area contributed by atoms with E-state index in [2.05, 4.69) is 41.9 Å². The summed E-state index contributed by atoms with van der Waals surface area (Å²) in [5.74, 6) is 0. The second-order valence-corrected chi connectivity index (χ2v) is 7.63. The maximum atomic E-state index is 5.28. The first-order valence-corrected chi connectivity index (χ1v) is 10.5. The molecular weight excluding hydrogens is 442 g/mol. The third-order valence-electron chi connectivity index (χ3n) is 4.17. The Morgan fingerprint density at radius 2 is 1.22 bits per heavy atom. The highest BCUT2D eigenvalue weighted by Crippen LogP contribution is 2.22. The molecule has 0 aliphatic rings. The van der Waals surface area contributed by atoms with E-state index in [0.717, 1.165) is 22.7 Å². The van der Waals surface area contributed by atoms with Crippen LogP contribution >= 0.6 is 24.4 Å². The Hall–Kier alpha value is -3.44. The molecule has 0 heterocycles. The molecule has 9 nitrogen and oxygen atoms in total. The molecule has 168 valence electrons. The normalized spacial score (nSPS) is 11.8. The Labute approximate surface area is 199 Å². The first kappa shape index (κ1) is 24.8. The number of hydrogen-bond donors (Lipinski definition) is 4. The van der Waals surface area contributed by atoms with Crippen LogP contribution in [0.2, 0.25) is 0 Å². The predicted octanol–water partition coefficient (Wildman–Crippen LogP) is 4.30. The minimum absolute atomic E-state index is 0.353. The number of nitrogens with zero attached hydrogens (tertiary/aromatic N) is 5. The van der Waals surface area contributed by atoms with Crippen LogP contribution in [0.15, 0.2) is 69.0 Å². The van der Waals surface area contributed by atoms with Gasteiger partial charge < -0.3 is 15.5 Å². The van der Waals surface area contributed by atoms with Gasteiger partial charge in [0.15, 0.2) is 10.2 Å². The number of hydrogen-bond acceptors (Lipinski definition) is 7. The summed E-state index contributed by atoms with van der Waals surface area (Å²) in [5, 5.41) is 23.5. The fourth-order valence-corrected chi connectivity index (χ4v) is 2.40. The average Bonchev–Trinajstić information content (AvgIpc) is 2.80. The van der Waals surface area contributed by atoms with Gasteiger partial charge in [-0.05, 0) is 86.8 Å². The third-order valence-corrected chi connectivity index (χ3v) is 4.66. The lowest BCUT2D eigenvalue weighted by Crippen LogP contribution is -2.30. The summed E-state index contributed by atoms with van der Waals surface area (Å²) >= 11 is 10.3. The van der Waals surface area contributed by atoms with Gasteiger partial charge in [-0.3, -0.25) is 10.9 Å². The zero-order valence-electron chi connectivity index (χ0n) is 18.7. The van der Waals surface area contributed by atoms with Crippen LogP contribution < -0.4 is 26.4 Å². The van der Waals surface area contributed by atoms with Crippen molar-refractivity contribution in [3.05, 3.63) is 48.5 Å². The van der Waals surface area contributed by atoms with Crippen LogP contribution in [-0.4, -0.2) is 42.8 Å². The van der Waals surface area contributed by atoms with Gasteiger partial charge in [0.1, 0.15) is 0 Å². The van der Waals surface area contributed by atoms with Gasteiger partial charge in [0, 0.05) is 32.5 Å². The Morgan fingerprint density at radius 3 is 1.69 bits per heavy atom. The standard InChI is InChI=1S/C21H27N9S2/c1-14(24-28-20(31)22-3)15(2)25-29-21(32)23-16-6-8-17(9-7-16)26-27-18-10-12-19(13-11-18)30(4)5/h6-13H,1-5H3,(H2,22,28,31)(H2,23,29,32)/b24-14+,25-15+,27-26+. The molecular formula is C21H27N9S2. The van der Waals surface area contributed by atoms with E-state index in [4.69, 9.17) is 24.4 Å². The van der Waals surface area contributed by atoms with Gasteiger partial charge in [0.05, 0.1) is 22.8 Å². The molecule has 0 radical (unpaired) electrons. The molecule has 0 amide bonds. The molecule has 11 heteroatoms. The van der Waals surface area contributed by atoms with Gasteiger partial charge in [-0.2, -0.15) is 20.4 Å². The zero-order chi connectivity index (χ0) is 23.5. The second-order valence-electron chi connectivity index (χ2n) is 6.81. The van der Waals surface area contributed by atoms with E-state index >= 15 is 0 Å². The highest BCUT2D eigenvalue weighted by Gasteiger charge is 2.01. The van der Waals surface area contributed by atoms with Gasteiger partial charge in [0.2, 0.25) is 0 Å². The van der Waals surface area contributed by atoms with Gasteiger partial charge in [-0.15, -0.1) is 0 Å². The molecule has 2 rings (SSSR count). The molecule has 0 aliphatic carbocycles. The van der Waals surface area contributed by atoms with E-state index in [0.29, 0.717) is 21.6 Å². The molecule has 0 bridgehead atoms. The number of thiocarbonyl (C=S) groups is 2. The molecule has 0 saturated heterocycles. The van der Waals surface area contributed by atoms with Gasteiger partial charge in [-0.1, -0.05) is 0 Å². The van der Waals surface area contributed by atoms with E-state index in [1.54, 1.807) is 7.05 Å². The van der Waals surface area contributed by atoms with Crippen molar-refractivity contribution in [2.24, 2.45) is 20.4 Å².